The third kappa shape index (κ3) is 5.03. The van der Waals surface area contributed by atoms with Crippen LogP contribution < -0.4 is 16.0 Å². The van der Waals surface area contributed by atoms with E-state index in [1.165, 1.54) is 19.3 Å². The van der Waals surface area contributed by atoms with Gasteiger partial charge >= 0.3 is 12.2 Å². The molecule has 0 spiro atoms. The van der Waals surface area contributed by atoms with Crippen LogP contribution in [0.4, 0.5) is 38.4 Å². The van der Waals surface area contributed by atoms with Crippen molar-refractivity contribution in [1.82, 2.24) is 15.3 Å². The molecule has 1 unspecified atom stereocenters. The molecule has 13 heteroatoms. The summed E-state index contributed by atoms with van der Waals surface area (Å²) in [5.41, 5.74) is -0.705. The molecule has 0 aliphatic heterocycles. The summed E-state index contributed by atoms with van der Waals surface area (Å²) in [7, 11) is 0. The number of aliphatic hydroxyl groups excluding tert-OH is 1. The Balaban J connectivity index is 1.49. The topological polar surface area (TPSA) is 112 Å². The van der Waals surface area contributed by atoms with Gasteiger partial charge in [-0.05, 0) is 31.7 Å². The number of hydrogen-bond acceptors (Lipinski definition) is 6. The van der Waals surface area contributed by atoms with Crippen molar-refractivity contribution in [2.75, 3.05) is 17.2 Å². The first-order valence-corrected chi connectivity index (χ1v) is 10.3. The lowest BCUT2D eigenvalue weighted by Crippen LogP contribution is -2.40. The smallest absolute Gasteiger partial charge is 0.416 e. The lowest BCUT2D eigenvalue weighted by Gasteiger charge is -2.21. The number of benzene rings is 1. The molecule has 1 aliphatic carbocycles. The van der Waals surface area contributed by atoms with Crippen molar-refractivity contribution in [1.29, 1.82) is 0 Å². The van der Waals surface area contributed by atoms with Crippen LogP contribution in [0, 0.1) is 24.5 Å². The highest BCUT2D eigenvalue weighted by atomic mass is 19.4. The summed E-state index contributed by atoms with van der Waals surface area (Å²) in [6.45, 7) is 1.10. The van der Waals surface area contributed by atoms with E-state index in [4.69, 9.17) is 4.42 Å². The Morgan fingerprint density at radius 2 is 1.91 bits per heavy atom. The molecule has 182 valence electrons. The highest BCUT2D eigenvalue weighted by Crippen LogP contribution is 2.39. The number of alkyl halides is 3. The Hall–Kier alpha value is -3.48. The molecule has 0 radical (unpaired) electrons. The normalized spacial score (nSPS) is 15.7. The van der Waals surface area contributed by atoms with Crippen molar-refractivity contribution < 1.29 is 36.3 Å². The Morgan fingerprint density at radius 1 is 1.24 bits per heavy atom. The largest absolute Gasteiger partial charge is 0.455 e. The molecule has 4 rings (SSSR count). The fourth-order valence-electron chi connectivity index (χ4n) is 3.58. The summed E-state index contributed by atoms with van der Waals surface area (Å²) in [5.74, 6) is -2.39. The van der Waals surface area contributed by atoms with Crippen LogP contribution in [0.3, 0.4) is 0 Å². The summed E-state index contributed by atoms with van der Waals surface area (Å²) in [5, 5.41) is 16.1. The number of anilines is 2. The molecule has 1 aromatic carbocycles. The molecule has 0 saturated heterocycles. The lowest BCUT2D eigenvalue weighted by molar-refractivity contribution is -0.158. The van der Waals surface area contributed by atoms with Crippen LogP contribution in [0.1, 0.15) is 30.2 Å². The van der Waals surface area contributed by atoms with E-state index >= 15 is 0 Å². The van der Waals surface area contributed by atoms with Gasteiger partial charge in [-0.25, -0.2) is 23.5 Å². The monoisotopic (exact) mass is 485 g/mol. The zero-order valence-electron chi connectivity index (χ0n) is 17.7. The Bertz CT molecular complexity index is 1190. The third-order valence-corrected chi connectivity index (χ3v) is 5.47. The predicted octanol–water partition coefficient (Wildman–Crippen LogP) is 4.42. The maximum atomic E-state index is 14.0. The van der Waals surface area contributed by atoms with Gasteiger partial charge in [0.05, 0.1) is 30.7 Å². The van der Waals surface area contributed by atoms with E-state index in [1.807, 2.05) is 0 Å². The van der Waals surface area contributed by atoms with Crippen molar-refractivity contribution in [3.63, 3.8) is 0 Å². The van der Waals surface area contributed by atoms with E-state index in [0.29, 0.717) is 12.0 Å². The first-order valence-electron chi connectivity index (χ1n) is 10.3. The van der Waals surface area contributed by atoms with Gasteiger partial charge in [-0.2, -0.15) is 13.2 Å². The summed E-state index contributed by atoms with van der Waals surface area (Å²) in [4.78, 5) is 20.3. The maximum Gasteiger partial charge on any atom is 0.416 e. The second kappa shape index (κ2) is 9.05. The number of urea groups is 1. The highest BCUT2D eigenvalue weighted by Gasteiger charge is 2.45. The number of aromatic nitrogens is 2. The molecular weight excluding hydrogens is 465 g/mol. The number of hydrogen-bond donors (Lipinski definition) is 4. The zero-order chi connectivity index (χ0) is 24.6. The highest BCUT2D eigenvalue weighted by molar-refractivity contribution is 5.89. The van der Waals surface area contributed by atoms with Gasteiger partial charge < -0.3 is 25.5 Å². The van der Waals surface area contributed by atoms with Crippen molar-refractivity contribution in [2.24, 2.45) is 5.92 Å². The van der Waals surface area contributed by atoms with Gasteiger partial charge in [0.1, 0.15) is 11.6 Å². The van der Waals surface area contributed by atoms with Crippen molar-refractivity contribution in [3.05, 3.63) is 47.5 Å². The number of fused-ring (bicyclic) bond motifs is 1. The molecule has 1 fully saturated rings. The summed E-state index contributed by atoms with van der Waals surface area (Å²) >= 11 is 0. The first kappa shape index (κ1) is 23.7. The molecule has 8 nitrogen and oxygen atoms in total. The van der Waals surface area contributed by atoms with Crippen molar-refractivity contribution in [2.45, 2.75) is 38.0 Å². The molecule has 1 saturated carbocycles. The number of furan rings is 1. The number of nitrogens with zero attached hydrogens (tertiary/aromatic N) is 2. The Kier molecular flexibility index (Phi) is 6.30. The molecule has 1 aliphatic rings. The molecule has 3 aromatic rings. The number of carbonyl (C=O) groups excluding carboxylic acids is 1. The minimum absolute atomic E-state index is 0.00499. The first-order chi connectivity index (χ1) is 16.1. The number of aryl methyl sites for hydroxylation is 1. The number of carbonyl (C=O) groups is 1. The van der Waals surface area contributed by atoms with Gasteiger partial charge in [0, 0.05) is 17.0 Å². The minimum Gasteiger partial charge on any atom is -0.455 e. The number of nitrogens with one attached hydrogen (secondary N) is 3. The van der Waals surface area contributed by atoms with E-state index in [-0.39, 0.29) is 35.2 Å². The number of rotatable bonds is 7. The molecular formula is C21H20F5N5O3. The van der Waals surface area contributed by atoms with Crippen molar-refractivity contribution >= 4 is 28.6 Å². The fourth-order valence-corrected chi connectivity index (χ4v) is 3.58. The summed E-state index contributed by atoms with van der Waals surface area (Å²) in [6.07, 6.45) is -0.681. The molecule has 2 heterocycles. The average Bonchev–Trinajstić information content (AvgIpc) is 3.55. The van der Waals surface area contributed by atoms with Gasteiger partial charge in [-0.3, -0.25) is 0 Å². The summed E-state index contributed by atoms with van der Waals surface area (Å²) in [6, 6.07) is -2.74. The van der Waals surface area contributed by atoms with Crippen molar-refractivity contribution in [3.8, 4) is 0 Å². The second-order valence-corrected chi connectivity index (χ2v) is 7.99. The van der Waals surface area contributed by atoms with Gasteiger partial charge in [-0.15, -0.1) is 0 Å². The van der Waals surface area contributed by atoms with Crippen LogP contribution in [0.5, 0.6) is 0 Å². The third-order valence-electron chi connectivity index (χ3n) is 5.47. The maximum absolute atomic E-state index is 14.0. The molecule has 4 N–H and O–H groups in total. The van der Waals surface area contributed by atoms with E-state index in [2.05, 4.69) is 20.6 Å². The zero-order valence-corrected chi connectivity index (χ0v) is 17.7. The molecule has 2 aromatic heterocycles. The number of aliphatic hydroxyl groups is 1. The van der Waals surface area contributed by atoms with Gasteiger partial charge in [-0.1, -0.05) is 0 Å². The van der Waals surface area contributed by atoms with E-state index < -0.39 is 41.2 Å². The number of amides is 2. The fraction of sp³-hybridized carbons (Fsp3) is 0.381. The molecule has 34 heavy (non-hydrogen) atoms. The lowest BCUT2D eigenvalue weighted by atomic mass is 10.1. The molecule has 0 bridgehead atoms. The molecule has 2 amide bonds. The minimum atomic E-state index is -5.00. The summed E-state index contributed by atoms with van der Waals surface area (Å²) < 4.78 is 73.8. The van der Waals surface area contributed by atoms with E-state index in [0.717, 1.165) is 18.9 Å². The van der Waals surface area contributed by atoms with Gasteiger partial charge in [0.15, 0.2) is 17.4 Å². The predicted molar refractivity (Wildman–Crippen MR) is 111 cm³/mol. The van der Waals surface area contributed by atoms with Crippen LogP contribution in [0.25, 0.3) is 11.0 Å². The quantitative estimate of drug-likeness (QED) is 0.369. The van der Waals surface area contributed by atoms with E-state index in [9.17, 15) is 31.9 Å². The van der Waals surface area contributed by atoms with Gasteiger partial charge in [0.25, 0.3) is 0 Å². The Labute approximate surface area is 189 Å². The van der Waals surface area contributed by atoms with Crippen LogP contribution in [0.15, 0.2) is 28.9 Å². The molecule has 2 atom stereocenters. The van der Waals surface area contributed by atoms with E-state index in [1.54, 1.807) is 5.32 Å². The van der Waals surface area contributed by atoms with Crippen LogP contribution in [0.2, 0.25) is 0 Å². The average molecular weight is 485 g/mol. The number of halogens is 5. The van der Waals surface area contributed by atoms with Crippen LogP contribution in [-0.4, -0.2) is 39.9 Å². The van der Waals surface area contributed by atoms with Crippen LogP contribution in [-0.2, 0) is 0 Å². The van der Waals surface area contributed by atoms with Gasteiger partial charge in [0.2, 0.25) is 5.95 Å². The second-order valence-electron chi connectivity index (χ2n) is 7.99. The SMILES string of the molecule is Cc1c(C(NC(=O)Nc2cnc(N[C@H](CO)C3CC3)nc2)C(F)(F)F)oc2c(F)cc(F)cc12. The standard InChI is InChI=1S/C21H20F5N5O3/c1-9-13-4-11(22)5-14(23)17(13)34-16(9)18(21(24,25)26)31-20(33)29-12-6-27-19(28-7-12)30-15(8-32)10-2-3-10/h4-7,10,15,18,32H,2-3,8H2,1H3,(H,27,28,30)(H2,29,31,33)/t15-,18?/m1/s1. The van der Waals surface area contributed by atoms with Crippen LogP contribution >= 0.6 is 0 Å². The Morgan fingerprint density at radius 3 is 2.50 bits per heavy atom.